The first-order valence-electron chi connectivity index (χ1n) is 12.5. The molecule has 2 saturated heterocycles. The summed E-state index contributed by atoms with van der Waals surface area (Å²) in [5.41, 5.74) is 0.928. The first kappa shape index (κ1) is 26.5. The number of rotatable bonds is 7. The molecule has 0 aromatic rings. The predicted octanol–water partition coefficient (Wildman–Crippen LogP) is 4.25. The van der Waals surface area contributed by atoms with Crippen LogP contribution in [0.1, 0.15) is 53.4 Å². The second-order valence-electron chi connectivity index (χ2n) is 11.6. The van der Waals surface area contributed by atoms with Crippen LogP contribution in [0.5, 0.6) is 0 Å². The summed E-state index contributed by atoms with van der Waals surface area (Å²) in [6.07, 6.45) is 6.37. The Balaban J connectivity index is 1.52. The van der Waals surface area contributed by atoms with Gasteiger partial charge in [-0.15, -0.1) is 0 Å². The van der Waals surface area contributed by atoms with E-state index in [4.69, 9.17) is 4.74 Å². The van der Waals surface area contributed by atoms with Gasteiger partial charge in [-0.25, -0.2) is 17.6 Å². The van der Waals surface area contributed by atoms with Gasteiger partial charge in [-0.05, 0) is 49.7 Å². The van der Waals surface area contributed by atoms with Crippen LogP contribution >= 0.6 is 0 Å². The van der Waals surface area contributed by atoms with Crippen molar-refractivity contribution < 1.29 is 31.9 Å². The van der Waals surface area contributed by atoms with E-state index in [0.29, 0.717) is 42.4 Å². The minimum atomic E-state index is -2.90. The molecule has 0 radical (unpaired) electrons. The van der Waals surface area contributed by atoms with Gasteiger partial charge in [0.1, 0.15) is 11.8 Å². The molecule has 6 nitrogen and oxygen atoms in total. The Morgan fingerprint density at radius 3 is 2.19 bits per heavy atom. The average molecular weight is 514 g/mol. The van der Waals surface area contributed by atoms with Crippen molar-refractivity contribution in [2.24, 2.45) is 11.3 Å². The lowest BCUT2D eigenvalue weighted by Crippen LogP contribution is -2.64. The molecule has 200 valence electrons. The lowest BCUT2D eigenvalue weighted by atomic mass is 9.84. The van der Waals surface area contributed by atoms with Crippen LogP contribution in [-0.2, 0) is 14.3 Å². The normalized spacial score (nSPS) is 24.4. The van der Waals surface area contributed by atoms with Crippen molar-refractivity contribution in [3.63, 3.8) is 0 Å². The number of allylic oxidation sites excluding steroid dienone is 3. The molecule has 2 amide bonds. The molecule has 3 fully saturated rings. The highest BCUT2D eigenvalue weighted by Crippen LogP contribution is 2.36. The zero-order chi connectivity index (χ0) is 26.5. The average Bonchev–Trinajstić information content (AvgIpc) is 3.54. The molecule has 1 atom stereocenters. The maximum Gasteiger partial charge on any atom is 0.282 e. The van der Waals surface area contributed by atoms with Crippen LogP contribution in [0.25, 0.3) is 0 Å². The van der Waals surface area contributed by atoms with Crippen LogP contribution in [0, 0.1) is 11.3 Å². The highest BCUT2D eigenvalue weighted by atomic mass is 19.3. The van der Waals surface area contributed by atoms with Gasteiger partial charge in [0.15, 0.2) is 0 Å². The van der Waals surface area contributed by atoms with E-state index >= 15 is 0 Å². The largest absolute Gasteiger partial charge is 0.495 e. The number of likely N-dealkylation sites (tertiary alicyclic amines) is 2. The molecule has 2 aliphatic carbocycles. The Morgan fingerprint density at radius 2 is 1.67 bits per heavy atom. The second kappa shape index (κ2) is 9.41. The summed E-state index contributed by atoms with van der Waals surface area (Å²) in [5.74, 6) is -5.56. The maximum atomic E-state index is 13.6. The fourth-order valence-electron chi connectivity index (χ4n) is 4.55. The third kappa shape index (κ3) is 6.06. The number of nitrogens with zero attached hydrogens (tertiary/aromatic N) is 2. The molecule has 2 aliphatic heterocycles. The summed E-state index contributed by atoms with van der Waals surface area (Å²) in [6, 6.07) is -0.998. The smallest absolute Gasteiger partial charge is 0.282 e. The van der Waals surface area contributed by atoms with Crippen molar-refractivity contribution in [1.82, 2.24) is 15.1 Å². The van der Waals surface area contributed by atoms with Crippen molar-refractivity contribution >= 4 is 11.8 Å². The van der Waals surface area contributed by atoms with E-state index in [-0.39, 0.29) is 0 Å². The first-order valence-corrected chi connectivity index (χ1v) is 12.5. The quantitative estimate of drug-likeness (QED) is 0.517. The summed E-state index contributed by atoms with van der Waals surface area (Å²) >= 11 is 0. The van der Waals surface area contributed by atoms with Crippen LogP contribution in [-0.4, -0.2) is 72.3 Å². The molecule has 2 heterocycles. The number of amides is 2. The Labute approximate surface area is 209 Å². The maximum absolute atomic E-state index is 13.6. The van der Waals surface area contributed by atoms with Gasteiger partial charge in [0.05, 0.1) is 38.5 Å². The van der Waals surface area contributed by atoms with Gasteiger partial charge in [0, 0.05) is 12.0 Å². The van der Waals surface area contributed by atoms with E-state index in [0.717, 1.165) is 23.3 Å². The number of carbonyl (C=O) groups is 2. The summed E-state index contributed by atoms with van der Waals surface area (Å²) in [6.45, 7) is 5.51. The van der Waals surface area contributed by atoms with Crippen LogP contribution in [0.2, 0.25) is 0 Å². The van der Waals surface area contributed by atoms with E-state index in [9.17, 15) is 27.2 Å². The lowest BCUT2D eigenvalue weighted by Gasteiger charge is -2.43. The SMILES string of the molecule is CC1=C(C(=O)NC(C(=O)N2CC(F)(F)C2)C(C)(C)C)C=CC(N2CC(F)(F)C2)=C(OCC2CC2)CC1. The zero-order valence-corrected chi connectivity index (χ0v) is 21.3. The third-order valence-corrected chi connectivity index (χ3v) is 7.04. The Bertz CT molecular complexity index is 992. The fourth-order valence-corrected chi connectivity index (χ4v) is 4.55. The number of hydrogen-bond acceptors (Lipinski definition) is 4. The lowest BCUT2D eigenvalue weighted by molar-refractivity contribution is -0.170. The van der Waals surface area contributed by atoms with Gasteiger partial charge in [-0.1, -0.05) is 26.3 Å². The number of carbonyl (C=O) groups excluding carboxylic acids is 2. The number of hydrogen-bond donors (Lipinski definition) is 1. The van der Waals surface area contributed by atoms with Crippen molar-refractivity contribution in [2.45, 2.75) is 71.3 Å². The molecule has 36 heavy (non-hydrogen) atoms. The van der Waals surface area contributed by atoms with Gasteiger partial charge in [-0.2, -0.15) is 0 Å². The summed E-state index contributed by atoms with van der Waals surface area (Å²) in [7, 11) is 0. The number of alkyl halides is 4. The van der Waals surface area contributed by atoms with Crippen molar-refractivity contribution in [2.75, 3.05) is 32.8 Å². The molecule has 1 unspecified atom stereocenters. The second-order valence-corrected chi connectivity index (χ2v) is 11.6. The van der Waals surface area contributed by atoms with E-state index in [1.165, 1.54) is 0 Å². The predicted molar refractivity (Wildman–Crippen MR) is 126 cm³/mol. The van der Waals surface area contributed by atoms with Crippen LogP contribution in [0.15, 0.2) is 34.8 Å². The summed E-state index contributed by atoms with van der Waals surface area (Å²) in [4.78, 5) is 28.9. The molecule has 10 heteroatoms. The minimum absolute atomic E-state index is 0.331. The topological polar surface area (TPSA) is 61.9 Å². The van der Waals surface area contributed by atoms with Crippen molar-refractivity contribution in [1.29, 1.82) is 0 Å². The first-order chi connectivity index (χ1) is 16.7. The third-order valence-electron chi connectivity index (χ3n) is 7.04. The van der Waals surface area contributed by atoms with Crippen LogP contribution in [0.3, 0.4) is 0 Å². The monoisotopic (exact) mass is 513 g/mol. The molecular weight excluding hydrogens is 478 g/mol. The van der Waals surface area contributed by atoms with E-state index < -0.39 is 61.3 Å². The number of ether oxygens (including phenoxy) is 1. The molecule has 1 N–H and O–H groups in total. The van der Waals surface area contributed by atoms with Crippen LogP contribution in [0.4, 0.5) is 17.6 Å². The summed E-state index contributed by atoms with van der Waals surface area (Å²) < 4.78 is 60.0. The highest BCUT2D eigenvalue weighted by Gasteiger charge is 2.49. The Hall–Kier alpha value is -2.52. The molecule has 0 aromatic heterocycles. The van der Waals surface area contributed by atoms with E-state index in [1.54, 1.807) is 37.8 Å². The highest BCUT2D eigenvalue weighted by molar-refractivity contribution is 6.00. The molecular formula is C26H35F4N3O3. The zero-order valence-electron chi connectivity index (χ0n) is 21.3. The summed E-state index contributed by atoms with van der Waals surface area (Å²) in [5, 5.41) is 2.76. The van der Waals surface area contributed by atoms with Crippen molar-refractivity contribution in [3.8, 4) is 0 Å². The number of nitrogens with one attached hydrogen (secondary N) is 1. The van der Waals surface area contributed by atoms with Gasteiger partial charge in [0.2, 0.25) is 5.91 Å². The van der Waals surface area contributed by atoms with Crippen LogP contribution < -0.4 is 5.32 Å². The minimum Gasteiger partial charge on any atom is -0.495 e. The molecule has 1 saturated carbocycles. The molecule has 0 spiro atoms. The fraction of sp³-hybridized carbons (Fsp3) is 0.692. The molecule has 4 aliphatic rings. The molecule has 4 rings (SSSR count). The molecule has 0 aromatic carbocycles. The Morgan fingerprint density at radius 1 is 1.06 bits per heavy atom. The van der Waals surface area contributed by atoms with Gasteiger partial charge in [0.25, 0.3) is 17.8 Å². The standard InChI is InChI=1S/C26H35F4N3O3/c1-16-5-10-20(36-11-17-6-7-17)19(32-12-25(27,28)13-32)9-8-18(16)22(34)31-21(24(2,3)4)23(35)33-14-26(29,30)15-33/h8-9,17,21H,5-7,10-15H2,1-4H3,(H,31,34). The molecule has 0 bridgehead atoms. The van der Waals surface area contributed by atoms with Gasteiger partial charge >= 0.3 is 0 Å². The van der Waals surface area contributed by atoms with Crippen molar-refractivity contribution in [3.05, 3.63) is 34.8 Å². The van der Waals surface area contributed by atoms with E-state index in [1.807, 2.05) is 6.92 Å². The van der Waals surface area contributed by atoms with E-state index in [2.05, 4.69) is 5.32 Å². The van der Waals surface area contributed by atoms with Gasteiger partial charge < -0.3 is 19.9 Å². The number of halogens is 4. The Kier molecular flexibility index (Phi) is 6.94. The van der Waals surface area contributed by atoms with Gasteiger partial charge in [-0.3, -0.25) is 9.59 Å².